The van der Waals surface area contributed by atoms with Crippen molar-refractivity contribution < 1.29 is 43.0 Å². The van der Waals surface area contributed by atoms with E-state index in [1.54, 1.807) is 0 Å². The van der Waals surface area contributed by atoms with E-state index in [0.29, 0.717) is 24.4 Å². The molecule has 5 atom stereocenters. The molecule has 2 saturated heterocycles. The van der Waals surface area contributed by atoms with Crippen LogP contribution in [0.4, 0.5) is 0 Å². The average molecular weight is 467 g/mol. The molecule has 0 aromatic carbocycles. The molecule has 0 aromatic heterocycles. The Kier molecular flexibility index (Phi) is 12.0. The topological polar surface area (TPSA) is 138 Å². The lowest BCUT2D eigenvalue weighted by Gasteiger charge is -2.12. The van der Waals surface area contributed by atoms with Gasteiger partial charge in [0.25, 0.3) is 0 Å². The maximum atomic E-state index is 11.6. The van der Waals surface area contributed by atoms with E-state index >= 15 is 0 Å². The summed E-state index contributed by atoms with van der Waals surface area (Å²) in [5.41, 5.74) is 0. The molecule has 0 aromatic rings. The zero-order valence-corrected chi connectivity index (χ0v) is 19.4. The Labute approximate surface area is 185 Å². The van der Waals surface area contributed by atoms with Gasteiger partial charge in [0.2, 0.25) is 0 Å². The van der Waals surface area contributed by atoms with Gasteiger partial charge in [0.15, 0.2) is 0 Å². The van der Waals surface area contributed by atoms with Crippen molar-refractivity contribution in [1.29, 1.82) is 0 Å². The van der Waals surface area contributed by atoms with Gasteiger partial charge in [-0.3, -0.25) is 9.32 Å². The van der Waals surface area contributed by atoms with Gasteiger partial charge in [0, 0.05) is 12.8 Å². The number of rotatable bonds is 19. The van der Waals surface area contributed by atoms with Crippen LogP contribution in [0.15, 0.2) is 0 Å². The molecule has 10 heteroatoms. The SMILES string of the molecule is CCCCC[C@@H]1O[C@@H]1C[C@@H]1O[C@@H]1CCCCCCCC(=O)OC[C@@H](O)COP(=O)(O)O. The summed E-state index contributed by atoms with van der Waals surface area (Å²) in [5.74, 6) is -0.431. The lowest BCUT2D eigenvalue weighted by molar-refractivity contribution is -0.147. The minimum Gasteiger partial charge on any atom is -0.463 e. The van der Waals surface area contributed by atoms with Crippen molar-refractivity contribution >= 4 is 13.8 Å². The highest BCUT2D eigenvalue weighted by atomic mass is 31.2. The largest absolute Gasteiger partial charge is 0.469 e. The number of hydrogen-bond acceptors (Lipinski definition) is 7. The number of carbonyl (C=O) groups is 1. The van der Waals surface area contributed by atoms with Crippen LogP contribution in [-0.4, -0.2) is 64.6 Å². The van der Waals surface area contributed by atoms with Gasteiger partial charge in [-0.25, -0.2) is 4.57 Å². The van der Waals surface area contributed by atoms with Crippen molar-refractivity contribution in [3.05, 3.63) is 0 Å². The monoisotopic (exact) mass is 466 g/mol. The Hall–Kier alpha value is -0.540. The molecule has 2 aliphatic rings. The lowest BCUT2D eigenvalue weighted by atomic mass is 10.0. The third-order valence-electron chi connectivity index (χ3n) is 5.67. The average Bonchev–Trinajstić information content (AvgIpc) is 3.62. The highest BCUT2D eigenvalue weighted by Gasteiger charge is 2.47. The number of aliphatic hydroxyl groups is 1. The molecule has 9 nitrogen and oxygen atoms in total. The molecule has 0 bridgehead atoms. The maximum Gasteiger partial charge on any atom is 0.469 e. The number of phosphoric ester groups is 1. The van der Waals surface area contributed by atoms with Gasteiger partial charge in [-0.15, -0.1) is 0 Å². The lowest BCUT2D eigenvalue weighted by Crippen LogP contribution is -2.23. The number of carbonyl (C=O) groups excluding carboxylic acids is 1. The predicted molar refractivity (Wildman–Crippen MR) is 113 cm³/mol. The summed E-state index contributed by atoms with van der Waals surface area (Å²) in [7, 11) is -4.63. The number of phosphoric acid groups is 1. The Morgan fingerprint density at radius 1 is 0.903 bits per heavy atom. The molecule has 0 spiro atoms. The summed E-state index contributed by atoms with van der Waals surface area (Å²) in [6, 6.07) is 0. The molecule has 0 amide bonds. The Morgan fingerprint density at radius 3 is 2.10 bits per heavy atom. The van der Waals surface area contributed by atoms with Gasteiger partial charge in [-0.05, 0) is 19.3 Å². The molecule has 31 heavy (non-hydrogen) atoms. The number of unbranched alkanes of at least 4 members (excludes halogenated alkanes) is 6. The van der Waals surface area contributed by atoms with Crippen molar-refractivity contribution in [3.8, 4) is 0 Å². The third kappa shape index (κ3) is 12.9. The van der Waals surface area contributed by atoms with Crippen LogP contribution in [0.1, 0.15) is 84.0 Å². The minimum atomic E-state index is -4.63. The van der Waals surface area contributed by atoms with Crippen LogP contribution in [0.25, 0.3) is 0 Å². The highest BCUT2D eigenvalue weighted by Crippen LogP contribution is 2.39. The van der Waals surface area contributed by atoms with Crippen LogP contribution in [-0.2, 0) is 28.1 Å². The van der Waals surface area contributed by atoms with Crippen molar-refractivity contribution in [2.75, 3.05) is 13.2 Å². The molecule has 2 rings (SSSR count). The summed E-state index contributed by atoms with van der Waals surface area (Å²) in [5, 5.41) is 9.44. The Morgan fingerprint density at radius 2 is 1.48 bits per heavy atom. The second-order valence-electron chi connectivity index (χ2n) is 8.59. The Bertz CT molecular complexity index is 567. The van der Waals surface area contributed by atoms with Crippen molar-refractivity contribution in [1.82, 2.24) is 0 Å². The fourth-order valence-corrected chi connectivity index (χ4v) is 4.11. The van der Waals surface area contributed by atoms with Gasteiger partial charge in [-0.1, -0.05) is 51.9 Å². The van der Waals surface area contributed by atoms with Crippen LogP contribution >= 0.6 is 7.82 Å². The number of esters is 1. The van der Waals surface area contributed by atoms with E-state index in [0.717, 1.165) is 44.9 Å². The van der Waals surface area contributed by atoms with Crippen LogP contribution in [0.2, 0.25) is 0 Å². The van der Waals surface area contributed by atoms with Gasteiger partial charge < -0.3 is 29.1 Å². The summed E-state index contributed by atoms with van der Waals surface area (Å²) in [6.45, 7) is 1.29. The zero-order chi connectivity index (χ0) is 22.7. The summed E-state index contributed by atoms with van der Waals surface area (Å²) in [6.07, 6.45) is 12.8. The fourth-order valence-electron chi connectivity index (χ4n) is 3.74. The molecule has 0 radical (unpaired) electrons. The van der Waals surface area contributed by atoms with Gasteiger partial charge in [0.1, 0.15) is 12.7 Å². The first-order valence-corrected chi connectivity index (χ1v) is 13.2. The van der Waals surface area contributed by atoms with Crippen molar-refractivity contribution in [3.63, 3.8) is 0 Å². The van der Waals surface area contributed by atoms with Gasteiger partial charge in [-0.2, -0.15) is 0 Å². The number of epoxide rings is 2. The van der Waals surface area contributed by atoms with Crippen molar-refractivity contribution in [2.45, 2.75) is 114 Å². The molecule has 2 aliphatic heterocycles. The van der Waals surface area contributed by atoms with Gasteiger partial charge >= 0.3 is 13.8 Å². The highest BCUT2D eigenvalue weighted by molar-refractivity contribution is 7.46. The third-order valence-corrected chi connectivity index (χ3v) is 6.16. The van der Waals surface area contributed by atoms with E-state index < -0.39 is 26.5 Å². The zero-order valence-electron chi connectivity index (χ0n) is 18.5. The first-order valence-electron chi connectivity index (χ1n) is 11.6. The molecule has 0 aliphatic carbocycles. The summed E-state index contributed by atoms with van der Waals surface area (Å²) >= 11 is 0. The normalized spacial score (nSPS) is 25.9. The van der Waals surface area contributed by atoms with E-state index in [-0.39, 0.29) is 13.0 Å². The Balaban J connectivity index is 1.34. The first kappa shape index (κ1) is 26.7. The summed E-state index contributed by atoms with van der Waals surface area (Å²) < 4.78 is 31.0. The molecule has 0 unspecified atom stereocenters. The second kappa shape index (κ2) is 13.9. The number of hydrogen-bond donors (Lipinski definition) is 3. The molecule has 2 heterocycles. The van der Waals surface area contributed by atoms with Crippen LogP contribution in [0.5, 0.6) is 0 Å². The van der Waals surface area contributed by atoms with E-state index in [9.17, 15) is 14.5 Å². The molecule has 0 saturated carbocycles. The quantitative estimate of drug-likeness (QED) is 0.113. The van der Waals surface area contributed by atoms with E-state index in [1.807, 2.05) is 0 Å². The minimum absolute atomic E-state index is 0.265. The van der Waals surface area contributed by atoms with E-state index in [1.165, 1.54) is 25.7 Å². The summed E-state index contributed by atoms with van der Waals surface area (Å²) in [4.78, 5) is 28.7. The predicted octanol–water partition coefficient (Wildman–Crippen LogP) is 3.24. The van der Waals surface area contributed by atoms with Crippen LogP contribution in [0.3, 0.4) is 0 Å². The van der Waals surface area contributed by atoms with Crippen LogP contribution in [0, 0.1) is 0 Å². The molecule has 2 fully saturated rings. The second-order valence-corrected chi connectivity index (χ2v) is 9.83. The molecule has 182 valence electrons. The van der Waals surface area contributed by atoms with Gasteiger partial charge in [0.05, 0.1) is 31.0 Å². The molecular weight excluding hydrogens is 427 g/mol. The van der Waals surface area contributed by atoms with Crippen LogP contribution < -0.4 is 0 Å². The number of ether oxygens (including phenoxy) is 3. The van der Waals surface area contributed by atoms with E-state index in [2.05, 4.69) is 11.4 Å². The van der Waals surface area contributed by atoms with E-state index in [4.69, 9.17) is 24.0 Å². The molecular formula is C21H39O9P. The maximum absolute atomic E-state index is 11.6. The van der Waals surface area contributed by atoms with Crippen molar-refractivity contribution in [2.24, 2.45) is 0 Å². The fraction of sp³-hybridized carbons (Fsp3) is 0.952. The molecule has 3 N–H and O–H groups in total. The number of aliphatic hydroxyl groups excluding tert-OH is 1. The smallest absolute Gasteiger partial charge is 0.463 e. The standard InChI is InChI=1S/C21H39O9P/c1-2-3-7-10-17-19(29-17)13-20-18(30-20)11-8-5-4-6-9-12-21(23)27-14-16(22)15-28-31(24,25)26/h16-20,22H,2-15H2,1H3,(H2,24,25,26)/t16-,17+,18-,19-,20+/m1/s1. The first-order chi connectivity index (χ1) is 14.8.